The topological polar surface area (TPSA) is 37.3 Å². The first-order valence-electron chi connectivity index (χ1n) is 4.34. The molecule has 1 aromatic heterocycles. The molecule has 82 valence electrons. The Morgan fingerprint density at radius 3 is 2.69 bits per heavy atom. The molecule has 0 saturated carbocycles. The Kier molecular flexibility index (Phi) is 3.07. The summed E-state index contributed by atoms with van der Waals surface area (Å²) in [6.45, 7) is 0. The largest absolute Gasteiger partial charge is 0.478 e. The SMILES string of the molecule is O=C(O)c1cscc1-c1ccc(Br)cc1F. The lowest BCUT2D eigenvalue weighted by Crippen LogP contribution is -1.96. The molecule has 0 amide bonds. The molecule has 0 radical (unpaired) electrons. The molecule has 2 nitrogen and oxygen atoms in total. The average Bonchev–Trinajstić information content (AvgIpc) is 2.66. The third-order valence-corrected chi connectivity index (χ3v) is 3.35. The quantitative estimate of drug-likeness (QED) is 0.910. The lowest BCUT2D eigenvalue weighted by Gasteiger charge is -2.03. The van der Waals surface area contributed by atoms with Gasteiger partial charge < -0.3 is 5.11 Å². The van der Waals surface area contributed by atoms with Gasteiger partial charge in [-0.25, -0.2) is 9.18 Å². The highest BCUT2D eigenvalue weighted by Crippen LogP contribution is 2.30. The Bertz CT molecular complexity index is 551. The molecule has 1 heterocycles. The first-order valence-corrected chi connectivity index (χ1v) is 6.08. The minimum atomic E-state index is -1.04. The van der Waals surface area contributed by atoms with Crippen molar-refractivity contribution in [2.45, 2.75) is 0 Å². The molecule has 0 aliphatic heterocycles. The van der Waals surface area contributed by atoms with Crippen LogP contribution in [0.4, 0.5) is 4.39 Å². The van der Waals surface area contributed by atoms with Crippen LogP contribution in [0.15, 0.2) is 33.4 Å². The van der Waals surface area contributed by atoms with Crippen LogP contribution >= 0.6 is 27.3 Å². The van der Waals surface area contributed by atoms with Gasteiger partial charge in [0.1, 0.15) is 5.82 Å². The molecule has 1 N–H and O–H groups in total. The Labute approximate surface area is 103 Å². The average molecular weight is 301 g/mol. The molecule has 0 fully saturated rings. The van der Waals surface area contributed by atoms with Crippen molar-refractivity contribution in [3.05, 3.63) is 44.8 Å². The fourth-order valence-corrected chi connectivity index (χ4v) is 2.53. The van der Waals surface area contributed by atoms with Crippen LogP contribution in [0.1, 0.15) is 10.4 Å². The van der Waals surface area contributed by atoms with Crippen molar-refractivity contribution in [1.82, 2.24) is 0 Å². The number of carboxylic acids is 1. The van der Waals surface area contributed by atoms with Crippen LogP contribution in [0.2, 0.25) is 0 Å². The summed E-state index contributed by atoms with van der Waals surface area (Å²) in [6.07, 6.45) is 0. The Hall–Kier alpha value is -1.20. The van der Waals surface area contributed by atoms with Crippen LogP contribution in [-0.2, 0) is 0 Å². The number of rotatable bonds is 2. The zero-order chi connectivity index (χ0) is 11.7. The summed E-state index contributed by atoms with van der Waals surface area (Å²) in [5.74, 6) is -1.48. The van der Waals surface area contributed by atoms with Crippen molar-refractivity contribution in [1.29, 1.82) is 0 Å². The zero-order valence-corrected chi connectivity index (χ0v) is 10.3. The van der Waals surface area contributed by atoms with Gasteiger partial charge in [0.15, 0.2) is 0 Å². The Morgan fingerprint density at radius 2 is 2.06 bits per heavy atom. The maximum Gasteiger partial charge on any atom is 0.337 e. The van der Waals surface area contributed by atoms with Gasteiger partial charge in [-0.05, 0) is 17.5 Å². The first kappa shape index (κ1) is 11.3. The molecule has 0 aliphatic rings. The van der Waals surface area contributed by atoms with Gasteiger partial charge in [0, 0.05) is 21.0 Å². The second-order valence-electron chi connectivity index (χ2n) is 3.13. The van der Waals surface area contributed by atoms with Crippen LogP contribution in [0.3, 0.4) is 0 Å². The fraction of sp³-hybridized carbons (Fsp3) is 0. The van der Waals surface area contributed by atoms with Crippen molar-refractivity contribution < 1.29 is 14.3 Å². The van der Waals surface area contributed by atoms with Crippen molar-refractivity contribution in [3.8, 4) is 11.1 Å². The number of hydrogen-bond acceptors (Lipinski definition) is 2. The molecule has 16 heavy (non-hydrogen) atoms. The normalized spacial score (nSPS) is 10.4. The molecule has 0 atom stereocenters. The highest BCUT2D eigenvalue weighted by molar-refractivity contribution is 9.10. The maximum absolute atomic E-state index is 13.6. The summed E-state index contributed by atoms with van der Waals surface area (Å²) in [4.78, 5) is 10.9. The number of aromatic carboxylic acids is 1. The van der Waals surface area contributed by atoms with E-state index in [1.165, 1.54) is 22.8 Å². The van der Waals surface area contributed by atoms with Crippen LogP contribution in [0.25, 0.3) is 11.1 Å². The molecule has 0 aliphatic carbocycles. The molecule has 0 unspecified atom stereocenters. The molecule has 2 aromatic rings. The molecule has 0 bridgehead atoms. The second kappa shape index (κ2) is 4.35. The summed E-state index contributed by atoms with van der Waals surface area (Å²) in [5.41, 5.74) is 0.857. The van der Waals surface area contributed by atoms with E-state index in [4.69, 9.17) is 5.11 Å². The zero-order valence-electron chi connectivity index (χ0n) is 7.91. The minimum Gasteiger partial charge on any atom is -0.478 e. The third kappa shape index (κ3) is 2.01. The summed E-state index contributed by atoms with van der Waals surface area (Å²) >= 11 is 4.40. The minimum absolute atomic E-state index is 0.131. The van der Waals surface area contributed by atoms with Crippen LogP contribution in [0, 0.1) is 5.82 Å². The molecular formula is C11H6BrFO2S. The predicted octanol–water partition coefficient (Wildman–Crippen LogP) is 4.01. The fourth-order valence-electron chi connectivity index (χ4n) is 1.38. The number of carboxylic acid groups (broad SMARTS) is 1. The van der Waals surface area contributed by atoms with Crippen molar-refractivity contribution in [2.75, 3.05) is 0 Å². The number of benzene rings is 1. The molecule has 0 saturated heterocycles. The number of halogens is 2. The van der Waals surface area contributed by atoms with Gasteiger partial charge in [-0.3, -0.25) is 0 Å². The molecular weight excluding hydrogens is 295 g/mol. The van der Waals surface area contributed by atoms with E-state index in [0.29, 0.717) is 15.6 Å². The van der Waals surface area contributed by atoms with Gasteiger partial charge in [0.2, 0.25) is 0 Å². The summed E-state index contributed by atoms with van der Waals surface area (Å²) in [5, 5.41) is 12.1. The van der Waals surface area contributed by atoms with Gasteiger partial charge in [0.25, 0.3) is 0 Å². The van der Waals surface area contributed by atoms with Crippen LogP contribution < -0.4 is 0 Å². The van der Waals surface area contributed by atoms with Crippen LogP contribution in [0.5, 0.6) is 0 Å². The van der Waals surface area contributed by atoms with E-state index in [0.717, 1.165) is 0 Å². The summed E-state index contributed by atoms with van der Waals surface area (Å²) in [6, 6.07) is 4.56. The highest BCUT2D eigenvalue weighted by Gasteiger charge is 2.15. The summed E-state index contributed by atoms with van der Waals surface area (Å²) < 4.78 is 14.3. The lowest BCUT2D eigenvalue weighted by atomic mass is 10.0. The maximum atomic E-state index is 13.6. The molecule has 2 rings (SSSR count). The van der Waals surface area contributed by atoms with Crippen LogP contribution in [-0.4, -0.2) is 11.1 Å². The van der Waals surface area contributed by atoms with Gasteiger partial charge in [-0.15, -0.1) is 0 Å². The Balaban J connectivity index is 2.59. The number of thiophene rings is 1. The third-order valence-electron chi connectivity index (χ3n) is 2.11. The van der Waals surface area contributed by atoms with E-state index in [9.17, 15) is 9.18 Å². The second-order valence-corrected chi connectivity index (χ2v) is 4.79. The van der Waals surface area contributed by atoms with Gasteiger partial charge in [-0.2, -0.15) is 11.3 Å². The number of carbonyl (C=O) groups is 1. The molecule has 5 heteroatoms. The van der Waals surface area contributed by atoms with E-state index >= 15 is 0 Å². The Morgan fingerprint density at radius 1 is 1.31 bits per heavy atom. The molecule has 1 aromatic carbocycles. The van der Waals surface area contributed by atoms with E-state index < -0.39 is 11.8 Å². The van der Waals surface area contributed by atoms with E-state index in [2.05, 4.69) is 15.9 Å². The lowest BCUT2D eigenvalue weighted by molar-refractivity contribution is 0.0698. The van der Waals surface area contributed by atoms with Crippen molar-refractivity contribution >= 4 is 33.2 Å². The smallest absolute Gasteiger partial charge is 0.337 e. The standard InChI is InChI=1S/C11H6BrFO2S/c12-6-1-2-7(10(13)3-6)8-4-16-5-9(8)11(14)15/h1-5H,(H,14,15). The van der Waals surface area contributed by atoms with Crippen molar-refractivity contribution in [2.24, 2.45) is 0 Å². The van der Waals surface area contributed by atoms with E-state index in [1.807, 2.05) is 0 Å². The van der Waals surface area contributed by atoms with E-state index in [1.54, 1.807) is 17.5 Å². The van der Waals surface area contributed by atoms with Crippen molar-refractivity contribution in [3.63, 3.8) is 0 Å². The first-order chi connectivity index (χ1) is 7.59. The van der Waals surface area contributed by atoms with E-state index in [-0.39, 0.29) is 5.56 Å². The predicted molar refractivity (Wildman–Crippen MR) is 64.4 cm³/mol. The number of hydrogen-bond donors (Lipinski definition) is 1. The summed E-state index contributed by atoms with van der Waals surface area (Å²) in [7, 11) is 0. The monoisotopic (exact) mass is 300 g/mol. The molecule has 0 spiro atoms. The van der Waals surface area contributed by atoms with Gasteiger partial charge >= 0.3 is 5.97 Å². The highest BCUT2D eigenvalue weighted by atomic mass is 79.9. The van der Waals surface area contributed by atoms with Gasteiger partial charge in [0.05, 0.1) is 5.56 Å². The van der Waals surface area contributed by atoms with Gasteiger partial charge in [-0.1, -0.05) is 22.0 Å².